The number of hydrogen-bond donors (Lipinski definition) is 0. The lowest BCUT2D eigenvalue weighted by atomic mass is 10.2. The summed E-state index contributed by atoms with van der Waals surface area (Å²) < 4.78 is 20.1. The van der Waals surface area contributed by atoms with Crippen LogP contribution in [0.5, 0.6) is 23.0 Å². The zero-order valence-corrected chi connectivity index (χ0v) is 17.9. The molecular formula is C20H24ClNO7. The Balaban J connectivity index is 0.000000296. The topological polar surface area (TPSA) is 83.5 Å². The van der Waals surface area contributed by atoms with E-state index < -0.39 is 5.24 Å². The van der Waals surface area contributed by atoms with E-state index >= 15 is 0 Å². The second-order valence-electron chi connectivity index (χ2n) is 5.46. The Labute approximate surface area is 174 Å². The molecule has 29 heavy (non-hydrogen) atoms. The summed E-state index contributed by atoms with van der Waals surface area (Å²) >= 11 is 5.31. The molecule has 0 bridgehead atoms. The first-order valence-corrected chi connectivity index (χ1v) is 8.65. The fourth-order valence-electron chi connectivity index (χ4n) is 2.12. The summed E-state index contributed by atoms with van der Waals surface area (Å²) in [7, 11) is 9.05. The van der Waals surface area contributed by atoms with Crippen molar-refractivity contribution in [2.45, 2.75) is 0 Å². The van der Waals surface area contributed by atoms with Crippen LogP contribution in [0.2, 0.25) is 0 Å². The Morgan fingerprint density at radius 1 is 0.690 bits per heavy atom. The number of nitrogens with zero attached hydrogens (tertiary/aromatic N) is 1. The van der Waals surface area contributed by atoms with Gasteiger partial charge in [0.15, 0.2) is 0 Å². The van der Waals surface area contributed by atoms with E-state index in [1.54, 1.807) is 36.4 Å². The van der Waals surface area contributed by atoms with Crippen LogP contribution in [0.3, 0.4) is 0 Å². The van der Waals surface area contributed by atoms with Crippen molar-refractivity contribution >= 4 is 22.8 Å². The van der Waals surface area contributed by atoms with Gasteiger partial charge in [-0.15, -0.1) is 0 Å². The third-order valence-corrected chi connectivity index (χ3v) is 3.95. The largest absolute Gasteiger partial charge is 0.497 e. The van der Waals surface area contributed by atoms with E-state index in [0.29, 0.717) is 34.1 Å². The average Bonchev–Trinajstić information content (AvgIpc) is 2.77. The summed E-state index contributed by atoms with van der Waals surface area (Å²) in [6.45, 7) is 0. The first-order chi connectivity index (χ1) is 13.8. The maximum atomic E-state index is 11.8. The number of benzene rings is 2. The molecule has 1 amide bonds. The van der Waals surface area contributed by atoms with Gasteiger partial charge in [-0.2, -0.15) is 0 Å². The molecule has 0 aliphatic carbocycles. The maximum absolute atomic E-state index is 11.8. The minimum absolute atomic E-state index is 0.264. The van der Waals surface area contributed by atoms with Gasteiger partial charge in [0.05, 0.1) is 35.5 Å². The highest BCUT2D eigenvalue weighted by Gasteiger charge is 2.14. The summed E-state index contributed by atoms with van der Waals surface area (Å²) in [5.41, 5.74) is 0.804. The van der Waals surface area contributed by atoms with E-state index in [9.17, 15) is 9.59 Å². The molecular weight excluding hydrogens is 402 g/mol. The molecule has 0 radical (unpaired) electrons. The summed E-state index contributed by atoms with van der Waals surface area (Å²) in [4.78, 5) is 27.5. The van der Waals surface area contributed by atoms with E-state index in [2.05, 4.69) is 0 Å². The predicted octanol–water partition coefficient (Wildman–Crippen LogP) is 3.42. The number of amides is 1. The molecule has 2 aromatic rings. The standard InChI is InChI=1S/C11H15NO4.C9H9ClO3/c1-12(16-4)11(13)8-5-9(14-2)7-10(6-8)15-3;1-12-7-3-6(9(10)11)4-8(5-7)13-2/h5-7H,1-4H3;3-5H,1-2H3. The van der Waals surface area contributed by atoms with Crippen LogP contribution in [0.25, 0.3) is 0 Å². The summed E-state index contributed by atoms with van der Waals surface area (Å²) in [6.07, 6.45) is 0. The van der Waals surface area contributed by atoms with Crippen LogP contribution in [0.4, 0.5) is 0 Å². The van der Waals surface area contributed by atoms with Crippen molar-refractivity contribution in [1.29, 1.82) is 0 Å². The van der Waals surface area contributed by atoms with E-state index in [1.165, 1.54) is 42.6 Å². The zero-order valence-electron chi connectivity index (χ0n) is 17.1. The van der Waals surface area contributed by atoms with Gasteiger partial charge in [0, 0.05) is 30.3 Å². The smallest absolute Gasteiger partial charge is 0.277 e. The Hall–Kier alpha value is -2.97. The zero-order chi connectivity index (χ0) is 22.0. The van der Waals surface area contributed by atoms with Crippen LogP contribution in [0.15, 0.2) is 36.4 Å². The fraction of sp³-hybridized carbons (Fsp3) is 0.300. The maximum Gasteiger partial charge on any atom is 0.277 e. The molecule has 158 valence electrons. The lowest BCUT2D eigenvalue weighted by molar-refractivity contribution is -0.0757. The number of methoxy groups -OCH3 is 4. The van der Waals surface area contributed by atoms with Gasteiger partial charge in [-0.25, -0.2) is 5.06 Å². The van der Waals surface area contributed by atoms with Gasteiger partial charge in [-0.1, -0.05) is 0 Å². The Bertz CT molecular complexity index is 797. The Morgan fingerprint density at radius 2 is 1.03 bits per heavy atom. The van der Waals surface area contributed by atoms with Crippen molar-refractivity contribution in [2.75, 3.05) is 42.6 Å². The van der Waals surface area contributed by atoms with Gasteiger partial charge in [0.2, 0.25) is 0 Å². The third kappa shape index (κ3) is 7.17. The highest BCUT2D eigenvalue weighted by atomic mass is 35.5. The molecule has 0 aliphatic rings. The van der Waals surface area contributed by atoms with Crippen LogP contribution < -0.4 is 18.9 Å². The van der Waals surface area contributed by atoms with Gasteiger partial charge in [-0.3, -0.25) is 14.4 Å². The van der Waals surface area contributed by atoms with E-state index in [4.69, 9.17) is 35.4 Å². The molecule has 0 unspecified atom stereocenters. The predicted molar refractivity (Wildman–Crippen MR) is 108 cm³/mol. The molecule has 0 aliphatic heterocycles. The minimum atomic E-state index is -0.530. The van der Waals surface area contributed by atoms with Crippen LogP contribution in [-0.4, -0.2) is 58.8 Å². The summed E-state index contributed by atoms with van der Waals surface area (Å²) in [6, 6.07) is 9.73. The molecule has 0 aromatic heterocycles. The van der Waals surface area contributed by atoms with Crippen LogP contribution >= 0.6 is 11.6 Å². The lowest BCUT2D eigenvalue weighted by Gasteiger charge is -2.14. The molecule has 0 spiro atoms. The third-order valence-electron chi connectivity index (χ3n) is 3.74. The molecule has 0 heterocycles. The van der Waals surface area contributed by atoms with Crippen molar-refractivity contribution in [1.82, 2.24) is 5.06 Å². The second-order valence-corrected chi connectivity index (χ2v) is 5.80. The van der Waals surface area contributed by atoms with Gasteiger partial charge >= 0.3 is 0 Å². The van der Waals surface area contributed by atoms with Crippen molar-refractivity contribution in [2.24, 2.45) is 0 Å². The fourth-order valence-corrected chi connectivity index (χ4v) is 2.23. The molecule has 9 heteroatoms. The van der Waals surface area contributed by atoms with Crippen molar-refractivity contribution in [3.05, 3.63) is 47.5 Å². The molecule has 0 N–H and O–H groups in total. The van der Waals surface area contributed by atoms with Crippen LogP contribution in [-0.2, 0) is 4.84 Å². The highest BCUT2D eigenvalue weighted by molar-refractivity contribution is 6.67. The van der Waals surface area contributed by atoms with Crippen molar-refractivity contribution < 1.29 is 33.4 Å². The monoisotopic (exact) mass is 425 g/mol. The molecule has 0 fully saturated rings. The SMILES string of the molecule is COc1cc(OC)cc(C(=O)Cl)c1.COc1cc(OC)cc(C(=O)N(C)OC)c1. The highest BCUT2D eigenvalue weighted by Crippen LogP contribution is 2.24. The summed E-state index contributed by atoms with van der Waals surface area (Å²) in [5, 5.41) is 0.603. The molecule has 0 atom stereocenters. The Kier molecular flexibility index (Phi) is 9.78. The first-order valence-electron chi connectivity index (χ1n) is 8.27. The van der Waals surface area contributed by atoms with Crippen LogP contribution in [0.1, 0.15) is 20.7 Å². The van der Waals surface area contributed by atoms with Gasteiger partial charge < -0.3 is 18.9 Å². The molecule has 8 nitrogen and oxygen atoms in total. The number of carbonyl (C=O) groups excluding carboxylic acids is 2. The van der Waals surface area contributed by atoms with Crippen LogP contribution in [0, 0.1) is 0 Å². The van der Waals surface area contributed by atoms with E-state index in [0.717, 1.165) is 5.06 Å². The summed E-state index contributed by atoms with van der Waals surface area (Å²) in [5.74, 6) is 1.95. The minimum Gasteiger partial charge on any atom is -0.497 e. The number of rotatable bonds is 7. The number of ether oxygens (including phenoxy) is 4. The number of halogens is 1. The van der Waals surface area contributed by atoms with Gasteiger partial charge in [-0.05, 0) is 35.9 Å². The first kappa shape index (κ1) is 24.1. The van der Waals surface area contributed by atoms with Crippen molar-refractivity contribution in [3.8, 4) is 23.0 Å². The van der Waals surface area contributed by atoms with E-state index in [1.807, 2.05) is 0 Å². The normalized spacial score (nSPS) is 9.62. The van der Waals surface area contributed by atoms with Gasteiger partial charge in [0.25, 0.3) is 11.1 Å². The van der Waals surface area contributed by atoms with Gasteiger partial charge in [0.1, 0.15) is 23.0 Å². The molecule has 2 aromatic carbocycles. The number of carbonyl (C=O) groups is 2. The molecule has 0 saturated heterocycles. The average molecular weight is 426 g/mol. The van der Waals surface area contributed by atoms with Crippen molar-refractivity contribution in [3.63, 3.8) is 0 Å². The molecule has 2 rings (SSSR count). The number of hydrogen-bond acceptors (Lipinski definition) is 7. The number of hydroxylamine groups is 2. The lowest BCUT2D eigenvalue weighted by Crippen LogP contribution is -2.25. The second kappa shape index (κ2) is 11.8. The molecule has 0 saturated carbocycles. The van der Waals surface area contributed by atoms with E-state index in [-0.39, 0.29) is 5.91 Å². The Morgan fingerprint density at radius 3 is 1.31 bits per heavy atom. The quantitative estimate of drug-likeness (QED) is 0.496.